The summed E-state index contributed by atoms with van der Waals surface area (Å²) in [4.78, 5) is 48.3. The number of amides is 3. The van der Waals surface area contributed by atoms with Gasteiger partial charge in [-0.25, -0.2) is 0 Å². The third-order valence-corrected chi connectivity index (χ3v) is 5.05. The van der Waals surface area contributed by atoms with Crippen LogP contribution >= 0.6 is 23.4 Å². The molecule has 0 unspecified atom stereocenters. The molecule has 10 heteroatoms. The summed E-state index contributed by atoms with van der Waals surface area (Å²) in [5, 5.41) is 15.5. The predicted octanol–water partition coefficient (Wildman–Crippen LogP) is 1.70. The molecule has 0 aromatic heterocycles. The number of carbonyl (C=O) groups excluding carboxylic acids is 4. The van der Waals surface area contributed by atoms with Crippen molar-refractivity contribution in [2.45, 2.75) is 44.8 Å². The SMILES string of the molecule is CSCC[C@H](NC(C)=O)C(=O)N[C@@H](CCC(=O)C=N)C(=O)NCc1ccc(Cl)cc1. The molecular formula is C20H27ClN4O4S. The van der Waals surface area contributed by atoms with Crippen LogP contribution in [0.5, 0.6) is 0 Å². The summed E-state index contributed by atoms with van der Waals surface area (Å²) in [5.74, 6) is -1.09. The van der Waals surface area contributed by atoms with E-state index < -0.39 is 29.7 Å². The van der Waals surface area contributed by atoms with Gasteiger partial charge in [0.05, 0.1) is 6.21 Å². The molecule has 3 amide bonds. The first kappa shape index (κ1) is 25.6. The van der Waals surface area contributed by atoms with Crippen molar-refractivity contribution in [3.05, 3.63) is 34.9 Å². The Labute approximate surface area is 185 Å². The molecule has 8 nitrogen and oxygen atoms in total. The Morgan fingerprint density at radius 1 is 1.07 bits per heavy atom. The van der Waals surface area contributed by atoms with Gasteiger partial charge in [0, 0.05) is 24.9 Å². The fraction of sp³-hybridized carbons (Fsp3) is 0.450. The number of Topliss-reactive ketones (excluding diaryl/α,β-unsaturated/α-hetero) is 1. The van der Waals surface area contributed by atoms with Crippen molar-refractivity contribution in [1.29, 1.82) is 5.41 Å². The van der Waals surface area contributed by atoms with Gasteiger partial charge < -0.3 is 21.4 Å². The normalized spacial score (nSPS) is 12.4. The maximum Gasteiger partial charge on any atom is 0.243 e. The van der Waals surface area contributed by atoms with Crippen LogP contribution in [-0.4, -0.2) is 53.8 Å². The molecule has 0 fully saturated rings. The van der Waals surface area contributed by atoms with Crippen LogP contribution in [0.25, 0.3) is 0 Å². The smallest absolute Gasteiger partial charge is 0.243 e. The summed E-state index contributed by atoms with van der Waals surface area (Å²) in [6, 6.07) is 5.19. The van der Waals surface area contributed by atoms with E-state index in [1.807, 2.05) is 6.26 Å². The minimum Gasteiger partial charge on any atom is -0.350 e. The zero-order valence-electron chi connectivity index (χ0n) is 17.0. The Hall–Kier alpha value is -2.39. The van der Waals surface area contributed by atoms with Gasteiger partial charge in [-0.3, -0.25) is 19.2 Å². The number of nitrogens with one attached hydrogen (secondary N) is 4. The van der Waals surface area contributed by atoms with E-state index in [9.17, 15) is 19.2 Å². The monoisotopic (exact) mass is 454 g/mol. The summed E-state index contributed by atoms with van der Waals surface area (Å²) in [6.07, 6.45) is 2.97. The number of halogens is 1. The van der Waals surface area contributed by atoms with E-state index in [0.717, 1.165) is 5.56 Å². The summed E-state index contributed by atoms with van der Waals surface area (Å²) < 4.78 is 0. The number of carbonyl (C=O) groups is 4. The maximum absolute atomic E-state index is 12.7. The molecule has 0 bridgehead atoms. The lowest BCUT2D eigenvalue weighted by molar-refractivity contribution is -0.132. The van der Waals surface area contributed by atoms with E-state index >= 15 is 0 Å². The largest absolute Gasteiger partial charge is 0.350 e. The van der Waals surface area contributed by atoms with E-state index in [0.29, 0.717) is 23.4 Å². The fourth-order valence-corrected chi connectivity index (χ4v) is 3.16. The zero-order valence-corrected chi connectivity index (χ0v) is 18.6. The van der Waals surface area contributed by atoms with Crippen LogP contribution in [0.2, 0.25) is 5.02 Å². The van der Waals surface area contributed by atoms with Gasteiger partial charge >= 0.3 is 0 Å². The van der Waals surface area contributed by atoms with Gasteiger partial charge in [-0.15, -0.1) is 0 Å². The highest BCUT2D eigenvalue weighted by Gasteiger charge is 2.26. The van der Waals surface area contributed by atoms with Crippen molar-refractivity contribution < 1.29 is 19.2 Å². The first-order valence-electron chi connectivity index (χ1n) is 9.38. The van der Waals surface area contributed by atoms with Crippen LogP contribution in [0.3, 0.4) is 0 Å². The molecule has 0 saturated carbocycles. The van der Waals surface area contributed by atoms with Gasteiger partial charge in [0.25, 0.3) is 0 Å². The van der Waals surface area contributed by atoms with Crippen LogP contribution in [-0.2, 0) is 25.7 Å². The molecule has 0 aliphatic rings. The molecule has 0 spiro atoms. The highest BCUT2D eigenvalue weighted by atomic mass is 35.5. The van der Waals surface area contributed by atoms with Gasteiger partial charge in [-0.05, 0) is 42.5 Å². The summed E-state index contributed by atoms with van der Waals surface area (Å²) in [5.41, 5.74) is 0.824. The second-order valence-corrected chi connectivity index (χ2v) is 8.01. The standard InChI is InChI=1S/C20H27ClN4O4S/c1-13(26)24-18(9-10-30-2)20(29)25-17(8-7-16(27)11-22)19(28)23-12-14-3-5-15(21)6-4-14/h3-6,11,17-18,22H,7-10,12H2,1-2H3,(H,23,28)(H,24,26)(H,25,29)/t17-,18-/m0/s1. The average molecular weight is 455 g/mol. The Bertz CT molecular complexity index is 758. The van der Waals surface area contributed by atoms with Crippen molar-refractivity contribution in [2.24, 2.45) is 0 Å². The topological polar surface area (TPSA) is 128 Å². The second kappa shape index (κ2) is 13.8. The molecule has 0 aliphatic carbocycles. The van der Waals surface area contributed by atoms with Crippen molar-refractivity contribution in [2.75, 3.05) is 12.0 Å². The maximum atomic E-state index is 12.7. The van der Waals surface area contributed by atoms with Crippen LogP contribution in [0.1, 0.15) is 31.7 Å². The molecule has 1 aromatic rings. The lowest BCUT2D eigenvalue weighted by Gasteiger charge is -2.22. The molecule has 30 heavy (non-hydrogen) atoms. The minimum atomic E-state index is -0.973. The van der Waals surface area contributed by atoms with Crippen LogP contribution in [0.4, 0.5) is 0 Å². The number of rotatable bonds is 13. The third-order valence-electron chi connectivity index (χ3n) is 4.16. The van der Waals surface area contributed by atoms with Crippen molar-refractivity contribution >= 4 is 53.1 Å². The molecule has 1 rings (SSSR count). The Morgan fingerprint density at radius 3 is 2.27 bits per heavy atom. The molecule has 164 valence electrons. The number of hydrogen-bond donors (Lipinski definition) is 4. The van der Waals surface area contributed by atoms with Crippen LogP contribution in [0, 0.1) is 5.41 Å². The number of thioether (sulfide) groups is 1. The molecule has 0 heterocycles. The van der Waals surface area contributed by atoms with E-state index in [1.165, 1.54) is 18.7 Å². The van der Waals surface area contributed by atoms with Gasteiger partial charge in [0.2, 0.25) is 17.7 Å². The lowest BCUT2D eigenvalue weighted by atomic mass is 10.1. The Morgan fingerprint density at radius 2 is 1.70 bits per heavy atom. The van der Waals surface area contributed by atoms with Crippen LogP contribution < -0.4 is 16.0 Å². The fourth-order valence-electron chi connectivity index (χ4n) is 2.56. The van der Waals surface area contributed by atoms with Crippen molar-refractivity contribution in [1.82, 2.24) is 16.0 Å². The third kappa shape index (κ3) is 9.89. The molecule has 4 N–H and O–H groups in total. The highest BCUT2D eigenvalue weighted by Crippen LogP contribution is 2.10. The van der Waals surface area contributed by atoms with E-state index in [-0.39, 0.29) is 25.3 Å². The summed E-state index contributed by atoms with van der Waals surface area (Å²) in [6.45, 7) is 1.54. The molecular weight excluding hydrogens is 428 g/mol. The van der Waals surface area contributed by atoms with E-state index in [1.54, 1.807) is 24.3 Å². The molecule has 1 aromatic carbocycles. The Balaban J connectivity index is 2.82. The first-order valence-corrected chi connectivity index (χ1v) is 11.2. The number of hydrogen-bond acceptors (Lipinski definition) is 6. The summed E-state index contributed by atoms with van der Waals surface area (Å²) in [7, 11) is 0. The van der Waals surface area contributed by atoms with Crippen molar-refractivity contribution in [3.8, 4) is 0 Å². The molecule has 0 saturated heterocycles. The molecule has 0 aliphatic heterocycles. The van der Waals surface area contributed by atoms with Crippen LogP contribution in [0.15, 0.2) is 24.3 Å². The van der Waals surface area contributed by atoms with Gasteiger partial charge in [0.15, 0.2) is 5.78 Å². The zero-order chi connectivity index (χ0) is 22.5. The minimum absolute atomic E-state index is 0.0434. The van der Waals surface area contributed by atoms with Gasteiger partial charge in [-0.2, -0.15) is 11.8 Å². The van der Waals surface area contributed by atoms with Gasteiger partial charge in [-0.1, -0.05) is 23.7 Å². The molecule has 2 atom stereocenters. The van der Waals surface area contributed by atoms with E-state index in [4.69, 9.17) is 17.0 Å². The first-order chi connectivity index (χ1) is 14.3. The second-order valence-electron chi connectivity index (χ2n) is 6.59. The quantitative estimate of drug-likeness (QED) is 0.337. The predicted molar refractivity (Wildman–Crippen MR) is 119 cm³/mol. The highest BCUT2D eigenvalue weighted by molar-refractivity contribution is 7.98. The number of ketones is 1. The summed E-state index contributed by atoms with van der Waals surface area (Å²) >= 11 is 7.39. The number of benzene rings is 1. The Kier molecular flexibility index (Phi) is 11.8. The van der Waals surface area contributed by atoms with Crippen molar-refractivity contribution in [3.63, 3.8) is 0 Å². The molecule has 0 radical (unpaired) electrons. The average Bonchev–Trinajstić information content (AvgIpc) is 2.72. The van der Waals surface area contributed by atoms with E-state index in [2.05, 4.69) is 16.0 Å². The van der Waals surface area contributed by atoms with Gasteiger partial charge in [0.1, 0.15) is 12.1 Å². The lowest BCUT2D eigenvalue weighted by Crippen LogP contribution is -2.53.